The summed E-state index contributed by atoms with van der Waals surface area (Å²) in [6, 6.07) is 20.8. The second kappa shape index (κ2) is 10.7. The number of carboxylic acid groups (broad SMARTS) is 1. The van der Waals surface area contributed by atoms with E-state index >= 15 is 0 Å². The van der Waals surface area contributed by atoms with Crippen LogP contribution in [0.15, 0.2) is 78.9 Å². The van der Waals surface area contributed by atoms with Crippen LogP contribution >= 0.6 is 0 Å². The van der Waals surface area contributed by atoms with Gasteiger partial charge in [0.25, 0.3) is 5.91 Å². The molecule has 0 aromatic heterocycles. The van der Waals surface area contributed by atoms with Crippen LogP contribution < -0.4 is 15.8 Å². The zero-order valence-electron chi connectivity index (χ0n) is 17.7. The van der Waals surface area contributed by atoms with Crippen LogP contribution in [0.5, 0.6) is 5.75 Å². The molecule has 0 heterocycles. The molecule has 0 aliphatic heterocycles. The van der Waals surface area contributed by atoms with Crippen LogP contribution in [0.2, 0.25) is 0 Å². The van der Waals surface area contributed by atoms with E-state index in [9.17, 15) is 14.4 Å². The number of amidine groups is 1. The minimum atomic E-state index is -1.10. The van der Waals surface area contributed by atoms with Crippen molar-refractivity contribution < 1.29 is 24.2 Å². The molecule has 0 saturated heterocycles. The van der Waals surface area contributed by atoms with E-state index in [1.165, 1.54) is 24.3 Å². The number of hydrogen-bond donors (Lipinski definition) is 4. The zero-order valence-corrected chi connectivity index (χ0v) is 17.7. The Morgan fingerprint density at radius 2 is 1.45 bits per heavy atom. The van der Waals surface area contributed by atoms with Crippen LogP contribution in [-0.4, -0.2) is 41.3 Å². The molecule has 3 aromatic carbocycles. The Labute approximate surface area is 190 Å². The number of aliphatic carboxylic acids is 1. The number of benzene rings is 3. The summed E-state index contributed by atoms with van der Waals surface area (Å²) in [6.45, 7) is -0.484. The van der Waals surface area contributed by atoms with Crippen molar-refractivity contribution in [3.05, 3.63) is 101 Å². The minimum absolute atomic E-state index is 0.102. The summed E-state index contributed by atoms with van der Waals surface area (Å²) in [6.07, 6.45) is 0.286. The summed E-state index contributed by atoms with van der Waals surface area (Å²) in [4.78, 5) is 36.7. The monoisotopic (exact) mass is 445 g/mol. The third kappa shape index (κ3) is 6.51. The number of ketones is 1. The van der Waals surface area contributed by atoms with Gasteiger partial charge in [0.15, 0.2) is 12.4 Å². The predicted molar refractivity (Wildman–Crippen MR) is 123 cm³/mol. The summed E-state index contributed by atoms with van der Waals surface area (Å²) in [5.74, 6) is -1.60. The number of rotatable bonds is 10. The van der Waals surface area contributed by atoms with Gasteiger partial charge in [-0.1, -0.05) is 42.5 Å². The van der Waals surface area contributed by atoms with E-state index in [1.807, 2.05) is 30.3 Å². The summed E-state index contributed by atoms with van der Waals surface area (Å²) >= 11 is 0. The number of hydrogen-bond acceptors (Lipinski definition) is 5. The Morgan fingerprint density at radius 3 is 2.03 bits per heavy atom. The van der Waals surface area contributed by atoms with Gasteiger partial charge in [-0.25, -0.2) is 4.79 Å². The van der Waals surface area contributed by atoms with Crippen LogP contribution in [0.1, 0.15) is 31.8 Å². The van der Waals surface area contributed by atoms with Crippen LogP contribution in [-0.2, 0) is 11.2 Å². The van der Waals surface area contributed by atoms with Gasteiger partial charge >= 0.3 is 5.97 Å². The second-order valence-electron chi connectivity index (χ2n) is 7.28. The molecular weight excluding hydrogens is 422 g/mol. The average molecular weight is 445 g/mol. The molecule has 0 aliphatic rings. The highest BCUT2D eigenvalue weighted by atomic mass is 16.5. The Hall–Kier alpha value is -4.46. The molecule has 33 heavy (non-hydrogen) atoms. The quantitative estimate of drug-likeness (QED) is 0.215. The highest BCUT2D eigenvalue weighted by Crippen LogP contribution is 2.16. The first-order valence-electron chi connectivity index (χ1n) is 10.1. The Balaban J connectivity index is 1.79. The van der Waals surface area contributed by atoms with Gasteiger partial charge in [0, 0.05) is 23.1 Å². The summed E-state index contributed by atoms with van der Waals surface area (Å²) < 4.78 is 5.10. The van der Waals surface area contributed by atoms with Gasteiger partial charge in [-0.2, -0.15) is 0 Å². The van der Waals surface area contributed by atoms with Crippen LogP contribution in [0.25, 0.3) is 0 Å². The van der Waals surface area contributed by atoms with Crippen LogP contribution in [0.4, 0.5) is 0 Å². The minimum Gasteiger partial charge on any atom is -0.482 e. The molecule has 168 valence electrons. The van der Waals surface area contributed by atoms with Crippen molar-refractivity contribution in [1.29, 1.82) is 5.41 Å². The molecule has 8 heteroatoms. The van der Waals surface area contributed by atoms with E-state index in [0.717, 1.165) is 5.56 Å². The van der Waals surface area contributed by atoms with Crippen LogP contribution in [0.3, 0.4) is 0 Å². The number of Topliss-reactive ketones (excluding diaryl/α,β-unsaturated/α-hetero) is 1. The van der Waals surface area contributed by atoms with Gasteiger partial charge in [0.2, 0.25) is 0 Å². The van der Waals surface area contributed by atoms with Crippen molar-refractivity contribution in [2.24, 2.45) is 5.73 Å². The standard InChI is InChI=1S/C25H23N3O5/c26-24(27)18-6-8-19(9-7-18)25(32)28-21(14-16-4-2-1-3-5-16)23(31)17-10-12-20(13-11-17)33-15-22(29)30/h1-13,21H,14-15H2,(H3,26,27)(H,28,32)(H,29,30). The van der Waals surface area contributed by atoms with E-state index in [2.05, 4.69) is 5.32 Å². The lowest BCUT2D eigenvalue weighted by molar-refractivity contribution is -0.139. The Kier molecular flexibility index (Phi) is 7.54. The number of nitrogen functional groups attached to an aromatic ring is 1. The molecule has 0 radical (unpaired) electrons. The third-order valence-corrected chi connectivity index (χ3v) is 4.86. The van der Waals surface area contributed by atoms with Gasteiger partial charge in [-0.05, 0) is 42.0 Å². The van der Waals surface area contributed by atoms with E-state index in [-0.39, 0.29) is 18.0 Å². The number of nitrogens with two attached hydrogens (primary N) is 1. The molecule has 0 spiro atoms. The summed E-state index contributed by atoms with van der Waals surface area (Å²) in [5.41, 5.74) is 7.52. The number of carboxylic acids is 1. The fraction of sp³-hybridized carbons (Fsp3) is 0.120. The first-order valence-corrected chi connectivity index (χ1v) is 10.1. The van der Waals surface area contributed by atoms with Crippen molar-refractivity contribution in [1.82, 2.24) is 5.32 Å². The molecule has 0 fully saturated rings. The number of ether oxygens (including phenoxy) is 1. The normalized spacial score (nSPS) is 11.3. The van der Waals surface area contributed by atoms with Gasteiger partial charge in [-0.3, -0.25) is 15.0 Å². The maximum Gasteiger partial charge on any atom is 0.341 e. The number of carbonyl (C=O) groups is 3. The zero-order chi connectivity index (χ0) is 23.8. The molecule has 0 bridgehead atoms. The fourth-order valence-corrected chi connectivity index (χ4v) is 3.16. The SMILES string of the molecule is N=C(N)c1ccc(C(=O)NC(Cc2ccccc2)C(=O)c2ccc(OCC(=O)O)cc2)cc1. The molecule has 8 nitrogen and oxygen atoms in total. The van der Waals surface area contributed by atoms with E-state index in [1.54, 1.807) is 24.3 Å². The lowest BCUT2D eigenvalue weighted by Gasteiger charge is -2.18. The van der Waals surface area contributed by atoms with E-state index in [0.29, 0.717) is 22.4 Å². The topological polar surface area (TPSA) is 143 Å². The fourth-order valence-electron chi connectivity index (χ4n) is 3.16. The highest BCUT2D eigenvalue weighted by molar-refractivity contribution is 6.05. The van der Waals surface area contributed by atoms with E-state index in [4.69, 9.17) is 21.0 Å². The Bertz CT molecular complexity index is 1140. The van der Waals surface area contributed by atoms with Gasteiger partial charge in [0.05, 0.1) is 6.04 Å². The van der Waals surface area contributed by atoms with Gasteiger partial charge in [0.1, 0.15) is 11.6 Å². The molecule has 1 unspecified atom stereocenters. The molecule has 0 saturated carbocycles. The first kappa shape index (κ1) is 23.2. The van der Waals surface area contributed by atoms with Crippen molar-refractivity contribution in [2.45, 2.75) is 12.5 Å². The Morgan fingerprint density at radius 1 is 0.879 bits per heavy atom. The number of nitrogens with one attached hydrogen (secondary N) is 2. The second-order valence-corrected chi connectivity index (χ2v) is 7.28. The van der Waals surface area contributed by atoms with Crippen molar-refractivity contribution >= 4 is 23.5 Å². The molecule has 3 aromatic rings. The lowest BCUT2D eigenvalue weighted by Crippen LogP contribution is -2.42. The molecule has 3 rings (SSSR count). The van der Waals surface area contributed by atoms with Crippen molar-refractivity contribution in [3.8, 4) is 5.75 Å². The molecule has 1 atom stereocenters. The third-order valence-electron chi connectivity index (χ3n) is 4.86. The van der Waals surface area contributed by atoms with Crippen molar-refractivity contribution in [3.63, 3.8) is 0 Å². The molecular formula is C25H23N3O5. The maximum absolute atomic E-state index is 13.2. The smallest absolute Gasteiger partial charge is 0.341 e. The lowest BCUT2D eigenvalue weighted by atomic mass is 9.97. The van der Waals surface area contributed by atoms with Gasteiger partial charge in [-0.15, -0.1) is 0 Å². The number of carbonyl (C=O) groups excluding carboxylic acids is 2. The van der Waals surface area contributed by atoms with Crippen molar-refractivity contribution in [2.75, 3.05) is 6.61 Å². The first-order chi connectivity index (χ1) is 15.8. The van der Waals surface area contributed by atoms with Crippen LogP contribution in [0, 0.1) is 5.41 Å². The largest absolute Gasteiger partial charge is 0.482 e. The average Bonchev–Trinajstić information content (AvgIpc) is 2.83. The summed E-state index contributed by atoms with van der Waals surface area (Å²) in [7, 11) is 0. The van der Waals surface area contributed by atoms with E-state index < -0.39 is 24.5 Å². The summed E-state index contributed by atoms with van der Waals surface area (Å²) in [5, 5.41) is 19.0. The predicted octanol–water partition coefficient (Wildman–Crippen LogP) is 2.66. The molecule has 0 aliphatic carbocycles. The number of amides is 1. The molecule has 5 N–H and O–H groups in total. The van der Waals surface area contributed by atoms with Gasteiger partial charge < -0.3 is 20.9 Å². The highest BCUT2D eigenvalue weighted by Gasteiger charge is 2.23. The maximum atomic E-state index is 13.2. The molecule has 1 amide bonds.